The molecule has 0 radical (unpaired) electrons. The summed E-state index contributed by atoms with van der Waals surface area (Å²) in [4.78, 5) is 27.4. The Morgan fingerprint density at radius 2 is 1.44 bits per heavy atom. The predicted molar refractivity (Wildman–Crippen MR) is 122 cm³/mol. The molecular weight excluding hydrogens is 424 g/mol. The van der Waals surface area contributed by atoms with Crippen LogP contribution in [-0.2, 0) is 14.8 Å². The molecule has 1 aromatic rings. The Bertz CT molecular complexity index is 1040. The van der Waals surface area contributed by atoms with E-state index in [2.05, 4.69) is 13.8 Å². The highest BCUT2D eigenvalue weighted by atomic mass is 32.2. The number of amides is 1. The summed E-state index contributed by atoms with van der Waals surface area (Å²) in [5.41, 5.74) is 0.812. The van der Waals surface area contributed by atoms with E-state index in [0.717, 1.165) is 19.3 Å². The molecule has 0 aromatic heterocycles. The van der Waals surface area contributed by atoms with Crippen LogP contribution in [0.2, 0.25) is 0 Å². The average molecular weight is 459 g/mol. The topological polar surface area (TPSA) is 74.8 Å². The number of hydrogen-bond donors (Lipinski definition) is 0. The van der Waals surface area contributed by atoms with E-state index in [1.807, 2.05) is 4.90 Å². The van der Waals surface area contributed by atoms with Crippen LogP contribution in [0.1, 0.15) is 69.7 Å². The molecule has 2 unspecified atom stereocenters. The van der Waals surface area contributed by atoms with Gasteiger partial charge < -0.3 is 4.90 Å². The van der Waals surface area contributed by atoms with Crippen molar-refractivity contribution in [3.8, 4) is 0 Å². The minimum Gasteiger partial charge on any atom is -0.340 e. The molecule has 1 amide bonds. The van der Waals surface area contributed by atoms with Crippen molar-refractivity contribution in [3.63, 3.8) is 0 Å². The summed E-state index contributed by atoms with van der Waals surface area (Å²) in [6.45, 7) is 7.74. The van der Waals surface area contributed by atoms with E-state index < -0.39 is 10.0 Å². The van der Waals surface area contributed by atoms with Crippen LogP contribution >= 0.6 is 0 Å². The number of rotatable bonds is 4. The lowest BCUT2D eigenvalue weighted by Crippen LogP contribution is -2.62. The fourth-order valence-corrected chi connectivity index (χ4v) is 9.59. The van der Waals surface area contributed by atoms with Crippen LogP contribution in [-0.4, -0.2) is 55.5 Å². The standard InChI is InChI=1S/C25H34N2O4S/c1-18(28)20-4-6-21(7-5-20)32(30,31)27-10-8-26(9-11-27)22(29)25-14-19-12-23(2,16-25)15-24(3,13-19)17-25/h4-7,19H,8-17H2,1-3H3. The van der Waals surface area contributed by atoms with Gasteiger partial charge in [-0.3, -0.25) is 9.59 Å². The highest BCUT2D eigenvalue weighted by Crippen LogP contribution is 2.69. The third kappa shape index (κ3) is 3.52. The van der Waals surface area contributed by atoms with E-state index in [4.69, 9.17) is 0 Å². The zero-order chi connectivity index (χ0) is 22.9. The molecule has 2 atom stereocenters. The van der Waals surface area contributed by atoms with E-state index in [9.17, 15) is 18.0 Å². The second kappa shape index (κ2) is 7.13. The van der Waals surface area contributed by atoms with E-state index in [1.54, 1.807) is 12.1 Å². The molecule has 4 bridgehead atoms. The Morgan fingerprint density at radius 1 is 0.875 bits per heavy atom. The molecule has 1 aliphatic heterocycles. The fraction of sp³-hybridized carbons (Fsp3) is 0.680. The number of piperazine rings is 1. The summed E-state index contributed by atoms with van der Waals surface area (Å²) in [5.74, 6) is 0.834. The van der Waals surface area contributed by atoms with Crippen molar-refractivity contribution in [1.82, 2.24) is 9.21 Å². The third-order valence-corrected chi connectivity index (χ3v) is 10.4. The van der Waals surface area contributed by atoms with Gasteiger partial charge in [0.05, 0.1) is 10.3 Å². The number of carbonyl (C=O) groups excluding carboxylic acids is 2. The van der Waals surface area contributed by atoms with Gasteiger partial charge in [-0.05, 0) is 74.3 Å². The van der Waals surface area contributed by atoms with Crippen molar-refractivity contribution in [3.05, 3.63) is 29.8 Å². The smallest absolute Gasteiger partial charge is 0.243 e. The maximum absolute atomic E-state index is 13.8. The number of benzene rings is 1. The number of ketones is 1. The van der Waals surface area contributed by atoms with Gasteiger partial charge in [-0.2, -0.15) is 4.31 Å². The maximum atomic E-state index is 13.8. The Kier molecular flexibility index (Phi) is 4.92. The van der Waals surface area contributed by atoms with Crippen LogP contribution < -0.4 is 0 Å². The number of Topliss-reactive ketones (excluding diaryl/α,β-unsaturated/α-hetero) is 1. The van der Waals surface area contributed by atoms with Crippen LogP contribution in [0, 0.1) is 22.2 Å². The monoisotopic (exact) mass is 458 g/mol. The zero-order valence-electron chi connectivity index (χ0n) is 19.4. The van der Waals surface area contributed by atoms with Crippen molar-refractivity contribution >= 4 is 21.7 Å². The first kappa shape index (κ1) is 22.1. The molecule has 1 heterocycles. The second-order valence-corrected chi connectivity index (χ2v) is 13.6. The molecule has 1 saturated heterocycles. The summed E-state index contributed by atoms with van der Waals surface area (Å²) in [5, 5.41) is 0. The summed E-state index contributed by atoms with van der Waals surface area (Å²) in [6, 6.07) is 6.12. The Balaban J connectivity index is 1.29. The predicted octanol–water partition coefficient (Wildman–Crippen LogP) is 3.72. The van der Waals surface area contributed by atoms with Crippen molar-refractivity contribution in [2.75, 3.05) is 26.2 Å². The van der Waals surface area contributed by atoms with Crippen LogP contribution in [0.5, 0.6) is 0 Å². The lowest BCUT2D eigenvalue weighted by molar-refractivity contribution is -0.180. The van der Waals surface area contributed by atoms with Crippen molar-refractivity contribution in [2.45, 2.75) is 64.2 Å². The van der Waals surface area contributed by atoms with Crippen LogP contribution in [0.4, 0.5) is 0 Å². The molecule has 32 heavy (non-hydrogen) atoms. The van der Waals surface area contributed by atoms with Crippen molar-refractivity contribution < 1.29 is 18.0 Å². The highest BCUT2D eigenvalue weighted by Gasteiger charge is 2.63. The lowest BCUT2D eigenvalue weighted by atomic mass is 9.40. The van der Waals surface area contributed by atoms with Crippen molar-refractivity contribution in [2.24, 2.45) is 22.2 Å². The number of hydrogen-bond acceptors (Lipinski definition) is 4. The molecule has 5 aliphatic rings. The fourth-order valence-electron chi connectivity index (χ4n) is 8.16. The van der Waals surface area contributed by atoms with Crippen LogP contribution in [0.15, 0.2) is 29.2 Å². The normalized spacial score (nSPS) is 37.0. The molecule has 1 aromatic carbocycles. The van der Waals surface area contributed by atoms with Gasteiger partial charge in [0.2, 0.25) is 15.9 Å². The molecule has 7 heteroatoms. The van der Waals surface area contributed by atoms with Gasteiger partial charge >= 0.3 is 0 Å². The minimum atomic E-state index is -3.63. The molecule has 0 spiro atoms. The van der Waals surface area contributed by atoms with E-state index >= 15 is 0 Å². The number of carbonyl (C=O) groups is 2. The zero-order valence-corrected chi connectivity index (χ0v) is 20.2. The second-order valence-electron chi connectivity index (χ2n) is 11.7. The van der Waals surface area contributed by atoms with Gasteiger partial charge in [0.25, 0.3) is 0 Å². The highest BCUT2D eigenvalue weighted by molar-refractivity contribution is 7.89. The van der Waals surface area contributed by atoms with Gasteiger partial charge in [0, 0.05) is 31.7 Å². The molecule has 6 nitrogen and oxygen atoms in total. The first-order chi connectivity index (χ1) is 14.9. The summed E-state index contributed by atoms with van der Waals surface area (Å²) < 4.78 is 27.7. The summed E-state index contributed by atoms with van der Waals surface area (Å²) in [6.07, 6.45) is 6.74. The van der Waals surface area contributed by atoms with Crippen LogP contribution in [0.3, 0.4) is 0 Å². The molecule has 174 valence electrons. The number of nitrogens with zero attached hydrogens (tertiary/aromatic N) is 2. The first-order valence-electron chi connectivity index (χ1n) is 11.8. The Hall–Kier alpha value is -1.73. The molecular formula is C25H34N2O4S. The van der Waals surface area contributed by atoms with Gasteiger partial charge in [-0.1, -0.05) is 26.0 Å². The molecule has 4 aliphatic carbocycles. The van der Waals surface area contributed by atoms with Gasteiger partial charge in [-0.15, -0.1) is 0 Å². The van der Waals surface area contributed by atoms with E-state index in [-0.39, 0.29) is 32.8 Å². The van der Waals surface area contributed by atoms with Crippen LogP contribution in [0.25, 0.3) is 0 Å². The maximum Gasteiger partial charge on any atom is 0.243 e. The minimum absolute atomic E-state index is 0.0894. The third-order valence-electron chi connectivity index (χ3n) is 8.50. The largest absolute Gasteiger partial charge is 0.340 e. The van der Waals surface area contributed by atoms with E-state index in [1.165, 1.54) is 42.6 Å². The number of sulfonamides is 1. The Labute approximate surface area is 191 Å². The molecule has 6 rings (SSSR count). The summed E-state index contributed by atoms with van der Waals surface area (Å²) in [7, 11) is -3.63. The van der Waals surface area contributed by atoms with Crippen molar-refractivity contribution in [1.29, 1.82) is 0 Å². The van der Waals surface area contributed by atoms with Gasteiger partial charge in [0.15, 0.2) is 5.78 Å². The lowest BCUT2D eigenvalue weighted by Gasteiger charge is -2.65. The summed E-state index contributed by atoms with van der Waals surface area (Å²) >= 11 is 0. The Morgan fingerprint density at radius 3 is 1.94 bits per heavy atom. The molecule has 0 N–H and O–H groups in total. The van der Waals surface area contributed by atoms with E-state index in [0.29, 0.717) is 37.7 Å². The SMILES string of the molecule is CC(=O)c1ccc(S(=O)(=O)N2CCN(C(=O)C34CC5CC(C)(CC(C)(C5)C3)C4)CC2)cc1. The quantitative estimate of drug-likeness (QED) is 0.645. The first-order valence-corrected chi connectivity index (χ1v) is 13.3. The molecule has 5 fully saturated rings. The molecule has 4 saturated carbocycles. The van der Waals surface area contributed by atoms with Gasteiger partial charge in [-0.25, -0.2) is 8.42 Å². The average Bonchev–Trinajstić information content (AvgIpc) is 2.70. The van der Waals surface area contributed by atoms with Gasteiger partial charge in [0.1, 0.15) is 0 Å².